The largest absolute Gasteiger partial charge is 0.459 e. The fourth-order valence-electron chi connectivity index (χ4n) is 4.59. The van der Waals surface area contributed by atoms with Crippen LogP contribution in [0.25, 0.3) is 20.8 Å². The quantitative estimate of drug-likeness (QED) is 0.283. The Morgan fingerprint density at radius 1 is 1.11 bits per heavy atom. The fraction of sp³-hybridized carbons (Fsp3) is 0.138. The van der Waals surface area contributed by atoms with Crippen LogP contribution in [0, 0.1) is 6.92 Å². The van der Waals surface area contributed by atoms with E-state index in [1.165, 1.54) is 16.7 Å². The van der Waals surface area contributed by atoms with E-state index in [1.54, 1.807) is 54.1 Å². The molecule has 1 atom stereocenters. The number of fused-ring (bicyclic) bond motifs is 1. The Morgan fingerprint density at radius 3 is 2.68 bits per heavy atom. The van der Waals surface area contributed by atoms with Crippen LogP contribution in [-0.2, 0) is 16.1 Å². The third-order valence-corrected chi connectivity index (χ3v) is 7.55. The van der Waals surface area contributed by atoms with Gasteiger partial charge in [0, 0.05) is 24.5 Å². The summed E-state index contributed by atoms with van der Waals surface area (Å²) in [6.45, 7) is 2.16. The summed E-state index contributed by atoms with van der Waals surface area (Å²) >= 11 is 1.59. The molecule has 6 rings (SSSR count). The van der Waals surface area contributed by atoms with Crippen molar-refractivity contribution in [2.75, 3.05) is 4.90 Å². The molecule has 0 spiro atoms. The molecular formula is C29H22N4O4S. The number of hydrogen-bond donors (Lipinski definition) is 0. The third-order valence-electron chi connectivity index (χ3n) is 6.48. The summed E-state index contributed by atoms with van der Waals surface area (Å²) in [6.07, 6.45) is 4.54. The van der Waals surface area contributed by atoms with E-state index in [1.807, 2.05) is 37.3 Å². The highest BCUT2D eigenvalue weighted by atomic mass is 32.1. The Morgan fingerprint density at radius 2 is 1.95 bits per heavy atom. The lowest BCUT2D eigenvalue weighted by molar-refractivity contribution is -0.122. The number of furan rings is 1. The molecule has 1 aliphatic heterocycles. The van der Waals surface area contributed by atoms with Gasteiger partial charge in [0.05, 0.1) is 28.6 Å². The molecule has 1 fully saturated rings. The highest BCUT2D eigenvalue weighted by Gasteiger charge is 2.45. The normalized spacial score (nSPS) is 15.4. The zero-order valence-corrected chi connectivity index (χ0v) is 21.2. The lowest BCUT2D eigenvalue weighted by atomic mass is 10.1. The number of pyridine rings is 1. The smallest absolute Gasteiger partial charge is 0.290 e. The number of rotatable bonds is 6. The molecule has 1 saturated heterocycles. The first-order chi connectivity index (χ1) is 18.5. The van der Waals surface area contributed by atoms with E-state index in [-0.39, 0.29) is 24.6 Å². The number of anilines is 1. The molecule has 0 bridgehead atoms. The Balaban J connectivity index is 1.27. The monoisotopic (exact) mass is 522 g/mol. The second-order valence-corrected chi connectivity index (χ2v) is 10.1. The number of nitrogens with zero attached hydrogens (tertiary/aromatic N) is 4. The minimum atomic E-state index is -0.965. The van der Waals surface area contributed by atoms with Crippen molar-refractivity contribution in [1.29, 1.82) is 0 Å². The first kappa shape index (κ1) is 23.7. The number of carbonyl (C=O) groups is 3. The van der Waals surface area contributed by atoms with Crippen LogP contribution < -0.4 is 4.90 Å². The number of aromatic nitrogens is 2. The molecule has 4 heterocycles. The number of imide groups is 1. The van der Waals surface area contributed by atoms with Crippen LogP contribution >= 0.6 is 11.3 Å². The fourth-order valence-corrected chi connectivity index (χ4v) is 5.66. The maximum Gasteiger partial charge on any atom is 0.290 e. The number of amides is 3. The van der Waals surface area contributed by atoms with Gasteiger partial charge in [0.25, 0.3) is 11.8 Å². The van der Waals surface area contributed by atoms with Crippen molar-refractivity contribution in [3.05, 3.63) is 102 Å². The summed E-state index contributed by atoms with van der Waals surface area (Å²) in [5, 5.41) is 0.862. The molecule has 3 aromatic heterocycles. The zero-order valence-electron chi connectivity index (χ0n) is 20.4. The predicted molar refractivity (Wildman–Crippen MR) is 144 cm³/mol. The SMILES string of the molecule is Cc1ccc2nc(-c3ccc(N4C(=O)CC(N(Cc5cccnc5)C(=O)c5ccco5)C4=O)cc3)sc2c1. The second kappa shape index (κ2) is 9.68. The van der Waals surface area contributed by atoms with E-state index in [0.717, 1.165) is 31.3 Å². The van der Waals surface area contributed by atoms with Crippen molar-refractivity contribution in [3.63, 3.8) is 0 Å². The number of aryl methyl sites for hydroxylation is 1. The summed E-state index contributed by atoms with van der Waals surface area (Å²) in [7, 11) is 0. The van der Waals surface area contributed by atoms with Crippen LogP contribution in [0.2, 0.25) is 0 Å². The van der Waals surface area contributed by atoms with Gasteiger partial charge in [-0.2, -0.15) is 0 Å². The minimum absolute atomic E-state index is 0.1000. The average Bonchev–Trinajstić information content (AvgIpc) is 3.67. The van der Waals surface area contributed by atoms with Gasteiger partial charge in [0.15, 0.2) is 5.76 Å². The van der Waals surface area contributed by atoms with Crippen molar-refractivity contribution in [2.45, 2.75) is 25.9 Å². The van der Waals surface area contributed by atoms with Gasteiger partial charge in [-0.3, -0.25) is 19.4 Å². The van der Waals surface area contributed by atoms with E-state index in [0.29, 0.717) is 5.69 Å². The number of carbonyl (C=O) groups excluding carboxylic acids is 3. The molecular weight excluding hydrogens is 500 g/mol. The van der Waals surface area contributed by atoms with Gasteiger partial charge in [-0.25, -0.2) is 9.88 Å². The average molecular weight is 523 g/mol. The molecule has 0 saturated carbocycles. The minimum Gasteiger partial charge on any atom is -0.459 e. The molecule has 1 unspecified atom stereocenters. The van der Waals surface area contributed by atoms with Crippen LogP contribution in [0.5, 0.6) is 0 Å². The Labute approximate surface area is 222 Å². The van der Waals surface area contributed by atoms with Gasteiger partial charge in [0.1, 0.15) is 11.0 Å². The molecule has 8 nitrogen and oxygen atoms in total. The van der Waals surface area contributed by atoms with Crippen LogP contribution in [-0.4, -0.2) is 38.6 Å². The van der Waals surface area contributed by atoms with Gasteiger partial charge in [-0.15, -0.1) is 11.3 Å². The summed E-state index contributed by atoms with van der Waals surface area (Å²) in [6, 6.07) is 19.1. The highest BCUT2D eigenvalue weighted by Crippen LogP contribution is 2.33. The van der Waals surface area contributed by atoms with Gasteiger partial charge >= 0.3 is 0 Å². The van der Waals surface area contributed by atoms with Gasteiger partial charge in [0.2, 0.25) is 5.91 Å². The Hall–Kier alpha value is -4.63. The Kier molecular flexibility index (Phi) is 6.05. The topological polar surface area (TPSA) is 96.6 Å². The number of hydrogen-bond acceptors (Lipinski definition) is 7. The van der Waals surface area contributed by atoms with Crippen LogP contribution in [0.1, 0.15) is 28.1 Å². The summed E-state index contributed by atoms with van der Waals surface area (Å²) < 4.78 is 6.41. The van der Waals surface area contributed by atoms with Crippen molar-refractivity contribution >= 4 is 45.0 Å². The summed E-state index contributed by atoms with van der Waals surface area (Å²) in [5.74, 6) is -1.19. The lowest BCUT2D eigenvalue weighted by Crippen LogP contribution is -2.45. The van der Waals surface area contributed by atoms with Crippen molar-refractivity contribution < 1.29 is 18.8 Å². The first-order valence-electron chi connectivity index (χ1n) is 12.1. The highest BCUT2D eigenvalue weighted by molar-refractivity contribution is 7.21. The molecule has 1 aliphatic rings. The number of benzene rings is 2. The first-order valence-corrected chi connectivity index (χ1v) is 12.9. The molecule has 0 N–H and O–H groups in total. The molecule has 38 heavy (non-hydrogen) atoms. The maximum atomic E-state index is 13.6. The summed E-state index contributed by atoms with van der Waals surface area (Å²) in [4.78, 5) is 51.3. The van der Waals surface area contributed by atoms with Crippen molar-refractivity contribution in [1.82, 2.24) is 14.9 Å². The second-order valence-electron chi connectivity index (χ2n) is 9.10. The molecule has 5 aromatic rings. The van der Waals surface area contributed by atoms with Crippen LogP contribution in [0.4, 0.5) is 5.69 Å². The zero-order chi connectivity index (χ0) is 26.2. The maximum absolute atomic E-state index is 13.6. The molecule has 0 radical (unpaired) electrons. The number of thiazole rings is 1. The summed E-state index contributed by atoms with van der Waals surface area (Å²) in [5.41, 5.74) is 4.19. The van der Waals surface area contributed by atoms with Gasteiger partial charge < -0.3 is 9.32 Å². The molecule has 9 heteroatoms. The van der Waals surface area contributed by atoms with Crippen molar-refractivity contribution in [3.8, 4) is 10.6 Å². The molecule has 188 valence electrons. The van der Waals surface area contributed by atoms with E-state index < -0.39 is 17.9 Å². The van der Waals surface area contributed by atoms with E-state index in [2.05, 4.69) is 11.1 Å². The van der Waals surface area contributed by atoms with E-state index in [9.17, 15) is 14.4 Å². The predicted octanol–water partition coefficient (Wildman–Crippen LogP) is 5.23. The van der Waals surface area contributed by atoms with Gasteiger partial charge in [-0.1, -0.05) is 12.1 Å². The lowest BCUT2D eigenvalue weighted by Gasteiger charge is -2.27. The molecule has 3 amide bonds. The van der Waals surface area contributed by atoms with Crippen LogP contribution in [0.15, 0.2) is 89.8 Å². The van der Waals surface area contributed by atoms with Gasteiger partial charge in [-0.05, 0) is 72.6 Å². The van der Waals surface area contributed by atoms with E-state index >= 15 is 0 Å². The van der Waals surface area contributed by atoms with E-state index in [4.69, 9.17) is 9.40 Å². The Bertz CT molecular complexity index is 1650. The molecule has 0 aliphatic carbocycles. The third kappa shape index (κ3) is 4.37. The standard InChI is InChI=1S/C29H22N4O4S/c1-18-6-11-22-25(14-18)38-27(31-22)20-7-9-21(10-8-20)33-26(34)15-23(28(33)35)32(17-19-4-2-12-30-16-19)29(36)24-5-3-13-37-24/h2-14,16,23H,15,17H2,1H3. The van der Waals surface area contributed by atoms with Crippen LogP contribution in [0.3, 0.4) is 0 Å². The molecule has 2 aromatic carbocycles. The van der Waals surface area contributed by atoms with Crippen molar-refractivity contribution in [2.24, 2.45) is 0 Å².